The predicted octanol–water partition coefficient (Wildman–Crippen LogP) is 5.32. The van der Waals surface area contributed by atoms with E-state index in [1.165, 1.54) is 13.0 Å². The van der Waals surface area contributed by atoms with Gasteiger partial charge in [0.1, 0.15) is 5.82 Å². The van der Waals surface area contributed by atoms with Crippen molar-refractivity contribution < 1.29 is 26.7 Å². The highest BCUT2D eigenvalue weighted by Crippen LogP contribution is 2.31. The highest BCUT2D eigenvalue weighted by Gasteiger charge is 2.32. The van der Waals surface area contributed by atoms with Gasteiger partial charge < -0.3 is 16.0 Å². The third kappa shape index (κ3) is 6.56. The van der Waals surface area contributed by atoms with E-state index in [4.69, 9.17) is 0 Å². The van der Waals surface area contributed by atoms with Gasteiger partial charge in [0, 0.05) is 30.4 Å². The Labute approximate surface area is 219 Å². The van der Waals surface area contributed by atoms with Crippen molar-refractivity contribution in [2.45, 2.75) is 19.1 Å². The van der Waals surface area contributed by atoms with Crippen LogP contribution in [0.2, 0.25) is 0 Å². The summed E-state index contributed by atoms with van der Waals surface area (Å²) in [6.07, 6.45) is -2.48. The minimum atomic E-state index is -4.74. The van der Waals surface area contributed by atoms with E-state index in [1.54, 1.807) is 31.4 Å². The summed E-state index contributed by atoms with van der Waals surface area (Å²) < 4.78 is 66.8. The first-order valence-corrected chi connectivity index (χ1v) is 11.6. The number of nitrogens with one attached hydrogen (secondary N) is 3. The maximum Gasteiger partial charge on any atom is 0.417 e. The molecule has 0 bridgehead atoms. The van der Waals surface area contributed by atoms with E-state index in [9.17, 15) is 26.7 Å². The van der Waals surface area contributed by atoms with Gasteiger partial charge in [0.15, 0.2) is 11.6 Å². The quantitative estimate of drug-likeness (QED) is 0.227. The maximum atomic E-state index is 13.6. The molecule has 4 aromatic rings. The SMILES string of the molecule is CNc1ncc2cc(C#CCNc3ncc(C(F)(F)F)cc3C(=O)N[C@@H](C)c3ccc(F)c(F)c3)ccc2n1. The van der Waals surface area contributed by atoms with Gasteiger partial charge in [-0.2, -0.15) is 13.2 Å². The average molecular weight is 540 g/mol. The fourth-order valence-electron chi connectivity index (χ4n) is 3.58. The highest BCUT2D eigenvalue weighted by atomic mass is 19.4. The molecule has 4 rings (SSSR count). The second kappa shape index (κ2) is 11.3. The van der Waals surface area contributed by atoms with Gasteiger partial charge in [-0.1, -0.05) is 17.9 Å². The molecule has 2 aromatic heterocycles. The summed E-state index contributed by atoms with van der Waals surface area (Å²) >= 11 is 0. The lowest BCUT2D eigenvalue weighted by atomic mass is 10.1. The van der Waals surface area contributed by atoms with E-state index < -0.39 is 35.3 Å². The molecular weight excluding hydrogens is 519 g/mol. The summed E-state index contributed by atoms with van der Waals surface area (Å²) in [6.45, 7) is 1.45. The molecule has 2 heterocycles. The molecule has 12 heteroatoms. The monoisotopic (exact) mass is 540 g/mol. The number of benzene rings is 2. The Kier molecular flexibility index (Phi) is 7.90. The van der Waals surface area contributed by atoms with Crippen molar-refractivity contribution in [3.05, 3.63) is 88.7 Å². The Balaban J connectivity index is 1.52. The number of rotatable bonds is 6. The average Bonchev–Trinajstić information content (AvgIpc) is 2.91. The van der Waals surface area contributed by atoms with Crippen LogP contribution in [0.3, 0.4) is 0 Å². The van der Waals surface area contributed by atoms with Crippen LogP contribution in [-0.2, 0) is 6.18 Å². The van der Waals surface area contributed by atoms with Crippen molar-refractivity contribution in [1.29, 1.82) is 0 Å². The Morgan fingerprint density at radius 3 is 2.54 bits per heavy atom. The predicted molar refractivity (Wildman–Crippen MR) is 136 cm³/mol. The van der Waals surface area contributed by atoms with Crippen LogP contribution in [0, 0.1) is 23.5 Å². The summed E-state index contributed by atoms with van der Waals surface area (Å²) in [7, 11) is 1.71. The zero-order valence-corrected chi connectivity index (χ0v) is 20.6. The van der Waals surface area contributed by atoms with Crippen LogP contribution in [0.4, 0.5) is 33.7 Å². The maximum absolute atomic E-state index is 13.6. The molecule has 0 fully saturated rings. The molecule has 0 spiro atoms. The molecule has 1 atom stereocenters. The molecule has 0 saturated heterocycles. The summed E-state index contributed by atoms with van der Waals surface area (Å²) in [5, 5.41) is 8.89. The lowest BCUT2D eigenvalue weighted by molar-refractivity contribution is -0.137. The number of hydrogen-bond acceptors (Lipinski definition) is 6. The standard InChI is InChI=1S/C27H21F5N6O/c1-15(17-6-7-21(28)22(29)11-17)37-25(39)20-12-19(27(30,31)32)14-35-24(20)34-9-3-4-16-5-8-23-18(10-16)13-36-26(33-2)38-23/h5-8,10-15H,9H2,1-2H3,(H,34,35)(H,37,39)(H,33,36,38)/t15-/m0/s1. The van der Waals surface area contributed by atoms with E-state index in [0.29, 0.717) is 23.8 Å². The minimum absolute atomic E-state index is 0.0371. The summed E-state index contributed by atoms with van der Waals surface area (Å²) in [6, 6.07) is 8.22. The number of pyridine rings is 1. The third-order valence-corrected chi connectivity index (χ3v) is 5.63. The van der Waals surface area contributed by atoms with Gasteiger partial charge in [-0.25, -0.2) is 23.7 Å². The number of carbonyl (C=O) groups is 1. The zero-order chi connectivity index (χ0) is 28.2. The van der Waals surface area contributed by atoms with Crippen LogP contribution in [0.5, 0.6) is 0 Å². The van der Waals surface area contributed by atoms with E-state index >= 15 is 0 Å². The summed E-state index contributed by atoms with van der Waals surface area (Å²) in [5.74, 6) is 3.05. The van der Waals surface area contributed by atoms with Gasteiger partial charge in [0.25, 0.3) is 5.91 Å². The number of carbonyl (C=O) groups excluding carboxylic acids is 1. The smallest absolute Gasteiger partial charge is 0.358 e. The van der Waals surface area contributed by atoms with Crippen LogP contribution in [0.1, 0.15) is 40.0 Å². The number of amides is 1. The second-order valence-electron chi connectivity index (χ2n) is 8.36. The first-order chi connectivity index (χ1) is 18.5. The fraction of sp³-hybridized carbons (Fsp3) is 0.185. The van der Waals surface area contributed by atoms with E-state index in [2.05, 4.69) is 42.7 Å². The van der Waals surface area contributed by atoms with Crippen LogP contribution >= 0.6 is 0 Å². The first kappa shape index (κ1) is 27.3. The zero-order valence-electron chi connectivity index (χ0n) is 20.6. The fourth-order valence-corrected chi connectivity index (χ4v) is 3.58. The molecule has 2 aromatic carbocycles. The van der Waals surface area contributed by atoms with Crippen LogP contribution < -0.4 is 16.0 Å². The van der Waals surface area contributed by atoms with E-state index in [0.717, 1.165) is 23.0 Å². The Morgan fingerprint density at radius 1 is 1.03 bits per heavy atom. The number of halogens is 5. The molecule has 200 valence electrons. The number of nitrogens with zero attached hydrogens (tertiary/aromatic N) is 3. The van der Waals surface area contributed by atoms with Gasteiger partial charge in [0.2, 0.25) is 5.95 Å². The van der Waals surface area contributed by atoms with Crippen molar-refractivity contribution in [2.24, 2.45) is 0 Å². The largest absolute Gasteiger partial charge is 0.417 e. The molecule has 39 heavy (non-hydrogen) atoms. The Morgan fingerprint density at radius 2 is 1.82 bits per heavy atom. The molecule has 0 aliphatic rings. The lowest BCUT2D eigenvalue weighted by Gasteiger charge is -2.17. The van der Waals surface area contributed by atoms with E-state index in [-0.39, 0.29) is 23.5 Å². The van der Waals surface area contributed by atoms with E-state index in [1.807, 2.05) is 0 Å². The summed E-state index contributed by atoms with van der Waals surface area (Å²) in [4.78, 5) is 25.2. The van der Waals surface area contributed by atoms with Crippen molar-refractivity contribution in [3.63, 3.8) is 0 Å². The number of aromatic nitrogens is 3. The van der Waals surface area contributed by atoms with Crippen molar-refractivity contribution in [1.82, 2.24) is 20.3 Å². The minimum Gasteiger partial charge on any atom is -0.358 e. The van der Waals surface area contributed by atoms with Gasteiger partial charge in [-0.15, -0.1) is 0 Å². The highest BCUT2D eigenvalue weighted by molar-refractivity contribution is 5.99. The molecule has 0 unspecified atom stereocenters. The van der Waals surface area contributed by atoms with Crippen LogP contribution in [-0.4, -0.2) is 34.5 Å². The van der Waals surface area contributed by atoms with Crippen molar-refractivity contribution >= 4 is 28.6 Å². The molecule has 0 radical (unpaired) electrons. The molecule has 1 amide bonds. The van der Waals surface area contributed by atoms with Gasteiger partial charge in [0.05, 0.1) is 29.2 Å². The van der Waals surface area contributed by atoms with Crippen molar-refractivity contribution in [2.75, 3.05) is 24.2 Å². The van der Waals surface area contributed by atoms with Gasteiger partial charge in [-0.05, 0) is 48.9 Å². The number of hydrogen-bond donors (Lipinski definition) is 3. The molecular formula is C27H21F5N6O. The second-order valence-corrected chi connectivity index (χ2v) is 8.36. The van der Waals surface area contributed by atoms with Crippen LogP contribution in [0.25, 0.3) is 10.9 Å². The van der Waals surface area contributed by atoms with Gasteiger partial charge >= 0.3 is 6.18 Å². The molecule has 0 aliphatic carbocycles. The number of anilines is 2. The lowest BCUT2D eigenvalue weighted by Crippen LogP contribution is -2.28. The summed E-state index contributed by atoms with van der Waals surface area (Å²) in [5.41, 5.74) is 0.100. The third-order valence-electron chi connectivity index (χ3n) is 5.63. The molecule has 7 nitrogen and oxygen atoms in total. The molecule has 3 N–H and O–H groups in total. The Hall–Kier alpha value is -4.79. The first-order valence-electron chi connectivity index (χ1n) is 11.6. The topological polar surface area (TPSA) is 91.8 Å². The van der Waals surface area contributed by atoms with Crippen molar-refractivity contribution in [3.8, 4) is 11.8 Å². The van der Waals surface area contributed by atoms with Crippen LogP contribution in [0.15, 0.2) is 54.9 Å². The molecule has 0 aliphatic heterocycles. The van der Waals surface area contributed by atoms with Gasteiger partial charge in [-0.3, -0.25) is 4.79 Å². The number of alkyl halides is 3. The normalized spacial score (nSPS) is 11.9. The Bertz CT molecular complexity index is 1600. The number of fused-ring (bicyclic) bond motifs is 1. The molecule has 0 saturated carbocycles.